The van der Waals surface area contributed by atoms with Crippen LogP contribution in [0.5, 0.6) is 0 Å². The van der Waals surface area contributed by atoms with E-state index in [-0.39, 0.29) is 18.0 Å². The molecule has 1 amide bonds. The molecule has 1 heterocycles. The third-order valence-electron chi connectivity index (χ3n) is 3.24. The van der Waals surface area contributed by atoms with Crippen LogP contribution in [-0.2, 0) is 4.79 Å². The van der Waals surface area contributed by atoms with Gasteiger partial charge in [0, 0.05) is 18.7 Å². The molecule has 1 aliphatic rings. The first-order valence-electron chi connectivity index (χ1n) is 5.77. The normalized spacial score (nSPS) is 19.0. The van der Waals surface area contributed by atoms with Crippen LogP contribution in [0.4, 0.5) is 4.39 Å². The number of benzene rings is 1. The molecule has 18 heavy (non-hydrogen) atoms. The van der Waals surface area contributed by atoms with Crippen molar-refractivity contribution in [2.45, 2.75) is 13.3 Å². The molecule has 0 spiro atoms. The minimum atomic E-state index is -0.889. The lowest BCUT2D eigenvalue weighted by molar-refractivity contribution is -0.141. The van der Waals surface area contributed by atoms with Gasteiger partial charge in [-0.25, -0.2) is 4.39 Å². The van der Waals surface area contributed by atoms with E-state index in [2.05, 4.69) is 0 Å². The highest BCUT2D eigenvalue weighted by atomic mass is 19.1. The fourth-order valence-corrected chi connectivity index (χ4v) is 2.05. The van der Waals surface area contributed by atoms with Gasteiger partial charge in [0.1, 0.15) is 5.82 Å². The Morgan fingerprint density at radius 2 is 2.17 bits per heavy atom. The number of nitrogens with zero attached hydrogens (tertiary/aromatic N) is 1. The number of carbonyl (C=O) groups is 2. The molecule has 0 bridgehead atoms. The van der Waals surface area contributed by atoms with E-state index in [4.69, 9.17) is 5.11 Å². The molecule has 5 heteroatoms. The topological polar surface area (TPSA) is 57.6 Å². The van der Waals surface area contributed by atoms with Crippen LogP contribution in [0.2, 0.25) is 0 Å². The summed E-state index contributed by atoms with van der Waals surface area (Å²) in [6.45, 7) is 2.23. The number of amides is 1. The van der Waals surface area contributed by atoms with Crippen LogP contribution < -0.4 is 0 Å². The molecule has 4 nitrogen and oxygen atoms in total. The first-order chi connectivity index (χ1) is 8.49. The van der Waals surface area contributed by atoms with Crippen molar-refractivity contribution in [3.8, 4) is 0 Å². The number of likely N-dealkylation sites (tertiary alicyclic amines) is 1. The van der Waals surface area contributed by atoms with Crippen LogP contribution in [0.25, 0.3) is 0 Å². The molecule has 96 valence electrons. The Kier molecular flexibility index (Phi) is 3.32. The zero-order valence-corrected chi connectivity index (χ0v) is 10.0. The molecule has 2 rings (SSSR count). The zero-order chi connectivity index (χ0) is 13.3. The van der Waals surface area contributed by atoms with Crippen LogP contribution in [-0.4, -0.2) is 35.0 Å². The Morgan fingerprint density at radius 3 is 2.72 bits per heavy atom. The molecule has 1 N–H and O–H groups in total. The second-order valence-corrected chi connectivity index (χ2v) is 4.54. The molecule has 1 saturated heterocycles. The third-order valence-corrected chi connectivity index (χ3v) is 3.24. The molecule has 0 unspecified atom stereocenters. The summed E-state index contributed by atoms with van der Waals surface area (Å²) in [4.78, 5) is 24.3. The maximum atomic E-state index is 13.4. The van der Waals surface area contributed by atoms with Crippen molar-refractivity contribution in [2.75, 3.05) is 13.1 Å². The van der Waals surface area contributed by atoms with E-state index in [1.54, 1.807) is 19.1 Å². The summed E-state index contributed by atoms with van der Waals surface area (Å²) >= 11 is 0. The van der Waals surface area contributed by atoms with Crippen LogP contribution in [0.3, 0.4) is 0 Å². The lowest BCUT2D eigenvalue weighted by Crippen LogP contribution is -2.30. The van der Waals surface area contributed by atoms with E-state index in [1.165, 1.54) is 11.0 Å². The maximum Gasteiger partial charge on any atom is 0.308 e. The average molecular weight is 251 g/mol. The second-order valence-electron chi connectivity index (χ2n) is 4.54. The van der Waals surface area contributed by atoms with E-state index in [1.807, 2.05) is 0 Å². The summed E-state index contributed by atoms with van der Waals surface area (Å²) in [5, 5.41) is 8.87. The predicted octanol–water partition coefficient (Wildman–Crippen LogP) is 1.68. The first kappa shape index (κ1) is 12.5. The maximum absolute atomic E-state index is 13.4. The summed E-state index contributed by atoms with van der Waals surface area (Å²) in [5.74, 6) is -2.13. The number of carbonyl (C=O) groups excluding carboxylic acids is 1. The summed E-state index contributed by atoms with van der Waals surface area (Å²) in [6, 6.07) is 4.31. The molecular weight excluding hydrogens is 237 g/mol. The number of rotatable bonds is 2. The van der Waals surface area contributed by atoms with Crippen molar-refractivity contribution < 1.29 is 19.1 Å². The Hall–Kier alpha value is -1.91. The number of hydrogen-bond donors (Lipinski definition) is 1. The highest BCUT2D eigenvalue weighted by molar-refractivity contribution is 5.94. The molecular formula is C13H14FNO3. The summed E-state index contributed by atoms with van der Waals surface area (Å²) in [6.07, 6.45) is 0.454. The van der Waals surface area contributed by atoms with Crippen molar-refractivity contribution in [1.29, 1.82) is 0 Å². The summed E-state index contributed by atoms with van der Waals surface area (Å²) in [5.41, 5.74) is 0.750. The van der Waals surface area contributed by atoms with Crippen LogP contribution >= 0.6 is 0 Å². The van der Waals surface area contributed by atoms with E-state index in [0.29, 0.717) is 18.5 Å². The Bertz CT molecular complexity index is 501. The number of carboxylic acid groups (broad SMARTS) is 1. The van der Waals surface area contributed by atoms with Crippen molar-refractivity contribution in [2.24, 2.45) is 5.92 Å². The van der Waals surface area contributed by atoms with Gasteiger partial charge in [0.05, 0.1) is 5.92 Å². The molecule has 0 saturated carbocycles. The van der Waals surface area contributed by atoms with Crippen LogP contribution in [0.1, 0.15) is 22.3 Å². The number of halogens is 1. The summed E-state index contributed by atoms with van der Waals surface area (Å²) < 4.78 is 13.4. The van der Waals surface area contributed by atoms with Gasteiger partial charge in [0.2, 0.25) is 0 Å². The van der Waals surface area contributed by atoms with Crippen molar-refractivity contribution in [3.63, 3.8) is 0 Å². The van der Waals surface area contributed by atoms with Gasteiger partial charge in [-0.1, -0.05) is 6.07 Å². The monoisotopic (exact) mass is 251 g/mol. The fraction of sp³-hybridized carbons (Fsp3) is 0.385. The van der Waals surface area contributed by atoms with Gasteiger partial charge in [-0.15, -0.1) is 0 Å². The van der Waals surface area contributed by atoms with Gasteiger partial charge < -0.3 is 10.0 Å². The smallest absolute Gasteiger partial charge is 0.308 e. The third kappa shape index (κ3) is 2.34. The minimum Gasteiger partial charge on any atom is -0.481 e. The average Bonchev–Trinajstić information content (AvgIpc) is 2.81. The quantitative estimate of drug-likeness (QED) is 0.870. The highest BCUT2D eigenvalue weighted by Crippen LogP contribution is 2.19. The number of carboxylic acids is 1. The van der Waals surface area contributed by atoms with Gasteiger partial charge in [-0.2, -0.15) is 0 Å². The van der Waals surface area contributed by atoms with E-state index in [9.17, 15) is 14.0 Å². The fourth-order valence-electron chi connectivity index (χ4n) is 2.05. The van der Waals surface area contributed by atoms with E-state index < -0.39 is 17.7 Å². The highest BCUT2D eigenvalue weighted by Gasteiger charge is 2.31. The lowest BCUT2D eigenvalue weighted by atomic mass is 10.1. The summed E-state index contributed by atoms with van der Waals surface area (Å²) in [7, 11) is 0. The molecule has 1 aromatic carbocycles. The Morgan fingerprint density at radius 1 is 1.44 bits per heavy atom. The zero-order valence-electron chi connectivity index (χ0n) is 10.0. The minimum absolute atomic E-state index is 0.198. The number of aryl methyl sites for hydroxylation is 1. The van der Waals surface area contributed by atoms with E-state index >= 15 is 0 Å². The van der Waals surface area contributed by atoms with Gasteiger partial charge in [0.25, 0.3) is 5.91 Å². The Balaban J connectivity index is 2.12. The molecule has 1 aliphatic heterocycles. The molecule has 1 fully saturated rings. The van der Waals surface area contributed by atoms with Crippen molar-refractivity contribution >= 4 is 11.9 Å². The SMILES string of the molecule is Cc1ccc(C(=O)N2CC[C@H](C(=O)O)C2)cc1F. The molecule has 1 atom stereocenters. The molecule has 1 aromatic rings. The molecule has 0 radical (unpaired) electrons. The number of hydrogen-bond acceptors (Lipinski definition) is 2. The van der Waals surface area contributed by atoms with Gasteiger partial charge >= 0.3 is 5.97 Å². The number of aliphatic carboxylic acids is 1. The second kappa shape index (κ2) is 4.76. The largest absolute Gasteiger partial charge is 0.481 e. The predicted molar refractivity (Wildman–Crippen MR) is 62.8 cm³/mol. The molecule has 0 aromatic heterocycles. The molecule has 0 aliphatic carbocycles. The Labute approximate surface area is 104 Å². The van der Waals surface area contributed by atoms with Gasteiger partial charge in [-0.05, 0) is 31.0 Å². The van der Waals surface area contributed by atoms with Crippen molar-refractivity contribution in [1.82, 2.24) is 4.90 Å². The lowest BCUT2D eigenvalue weighted by Gasteiger charge is -2.16. The van der Waals surface area contributed by atoms with Crippen molar-refractivity contribution in [3.05, 3.63) is 35.1 Å². The van der Waals surface area contributed by atoms with Crippen LogP contribution in [0.15, 0.2) is 18.2 Å². The van der Waals surface area contributed by atoms with Crippen LogP contribution in [0, 0.1) is 18.7 Å². The van der Waals surface area contributed by atoms with E-state index in [0.717, 1.165) is 0 Å². The van der Waals surface area contributed by atoms with Gasteiger partial charge in [0.15, 0.2) is 0 Å². The first-order valence-corrected chi connectivity index (χ1v) is 5.77. The standard InChI is InChI=1S/C13H14FNO3/c1-8-2-3-9(6-11(8)14)12(16)15-5-4-10(7-15)13(17)18/h2-3,6,10H,4-5,7H2,1H3,(H,17,18)/t10-/m0/s1. The van der Waals surface area contributed by atoms with Gasteiger partial charge in [-0.3, -0.25) is 9.59 Å².